The first-order valence-corrected chi connectivity index (χ1v) is 10.2. The number of nitrogens with one attached hydrogen (secondary N) is 1. The number of hydrogen-bond acceptors (Lipinski definition) is 1. The lowest BCUT2D eigenvalue weighted by atomic mass is 9.85. The van der Waals surface area contributed by atoms with Crippen molar-refractivity contribution in [2.75, 3.05) is 6.54 Å². The molecule has 1 N–H and O–H groups in total. The number of halogens is 4. The lowest BCUT2D eigenvalue weighted by molar-refractivity contribution is -0.0375. The smallest absolute Gasteiger partial charge is 0.257 e. The molecular weight excluding hydrogens is 392 g/mol. The minimum absolute atomic E-state index is 0.177. The van der Waals surface area contributed by atoms with Gasteiger partial charge in [0, 0.05) is 29.9 Å². The van der Waals surface area contributed by atoms with Crippen molar-refractivity contribution in [3.63, 3.8) is 0 Å². The van der Waals surface area contributed by atoms with E-state index in [1.165, 1.54) is 17.0 Å². The van der Waals surface area contributed by atoms with Crippen molar-refractivity contribution >= 4 is 6.08 Å². The number of H-pyrrole nitrogens is 1. The largest absolute Gasteiger partial charge is 0.357 e. The first-order valence-electron chi connectivity index (χ1n) is 10.2. The molecule has 1 aromatic heterocycles. The number of allylic oxidation sites excluding steroid dienone is 2. The summed E-state index contributed by atoms with van der Waals surface area (Å²) in [5.74, 6) is -4.42. The van der Waals surface area contributed by atoms with Crippen LogP contribution in [0.5, 0.6) is 0 Å². The number of benzene rings is 1. The van der Waals surface area contributed by atoms with Crippen LogP contribution >= 0.6 is 0 Å². The normalized spacial score (nSPS) is 21.8. The van der Waals surface area contributed by atoms with Crippen LogP contribution in [0.1, 0.15) is 60.0 Å². The van der Waals surface area contributed by atoms with E-state index >= 15 is 8.78 Å². The number of nitrogens with zero attached hydrogens (tertiary/aromatic N) is 1. The van der Waals surface area contributed by atoms with Crippen molar-refractivity contribution in [1.29, 1.82) is 0 Å². The molecule has 0 saturated carbocycles. The van der Waals surface area contributed by atoms with E-state index in [1.54, 1.807) is 13.0 Å². The van der Waals surface area contributed by atoms with Gasteiger partial charge >= 0.3 is 0 Å². The summed E-state index contributed by atoms with van der Waals surface area (Å²) in [6, 6.07) is 1.29. The number of aromatic amines is 1. The van der Waals surface area contributed by atoms with Gasteiger partial charge in [0.15, 0.2) is 0 Å². The standard InChI is InChI=1S/C24H26F4N2/c1-5-15-6-7-16-17-10-14(3)30(12-24(4,27)28)23(22(17)29-20(16)11-15)21-18(25)8-13(2)9-19(21)26/h5,8-9,11,14,23,29H,1,6-7,10,12H2,2-4H3/t14-,23?/m1/s1. The Kier molecular flexibility index (Phi) is 5.17. The molecule has 1 aliphatic heterocycles. The van der Waals surface area contributed by atoms with Gasteiger partial charge in [0.1, 0.15) is 11.6 Å². The van der Waals surface area contributed by atoms with E-state index in [0.717, 1.165) is 42.2 Å². The van der Waals surface area contributed by atoms with Crippen LogP contribution < -0.4 is 0 Å². The molecule has 2 heterocycles. The Morgan fingerprint density at radius 3 is 2.47 bits per heavy atom. The molecule has 0 radical (unpaired) electrons. The molecule has 30 heavy (non-hydrogen) atoms. The summed E-state index contributed by atoms with van der Waals surface area (Å²) in [7, 11) is 0. The predicted octanol–water partition coefficient (Wildman–Crippen LogP) is 6.11. The summed E-state index contributed by atoms with van der Waals surface area (Å²) < 4.78 is 58.2. The fourth-order valence-electron chi connectivity index (χ4n) is 4.87. The number of hydrogen-bond donors (Lipinski definition) is 1. The maximum atomic E-state index is 15.0. The van der Waals surface area contributed by atoms with Crippen LogP contribution in [-0.4, -0.2) is 28.4 Å². The Balaban J connectivity index is 1.93. The molecule has 2 aliphatic rings. The highest BCUT2D eigenvalue weighted by molar-refractivity contribution is 5.63. The van der Waals surface area contributed by atoms with Gasteiger partial charge in [-0.3, -0.25) is 4.90 Å². The highest BCUT2D eigenvalue weighted by Crippen LogP contribution is 2.44. The molecule has 0 fully saturated rings. The fraction of sp³-hybridized carbons (Fsp3) is 0.417. The second kappa shape index (κ2) is 7.41. The van der Waals surface area contributed by atoms with Crippen molar-refractivity contribution in [2.45, 2.75) is 58.0 Å². The van der Waals surface area contributed by atoms with Gasteiger partial charge in [-0.2, -0.15) is 0 Å². The molecule has 0 spiro atoms. The quantitative estimate of drug-likeness (QED) is 0.594. The van der Waals surface area contributed by atoms with Gasteiger partial charge in [-0.25, -0.2) is 17.6 Å². The first-order chi connectivity index (χ1) is 14.1. The molecule has 2 aromatic rings. The van der Waals surface area contributed by atoms with E-state index < -0.39 is 30.1 Å². The topological polar surface area (TPSA) is 19.0 Å². The van der Waals surface area contributed by atoms with Gasteiger partial charge in [-0.15, -0.1) is 0 Å². The zero-order valence-corrected chi connectivity index (χ0v) is 17.5. The van der Waals surface area contributed by atoms with Crippen molar-refractivity contribution < 1.29 is 17.6 Å². The second-order valence-electron chi connectivity index (χ2n) is 8.67. The van der Waals surface area contributed by atoms with Crippen molar-refractivity contribution in [1.82, 2.24) is 9.88 Å². The van der Waals surface area contributed by atoms with E-state index in [9.17, 15) is 8.78 Å². The van der Waals surface area contributed by atoms with E-state index in [1.807, 2.05) is 13.0 Å². The summed E-state index contributed by atoms with van der Waals surface area (Å²) in [6.45, 7) is 7.54. The predicted molar refractivity (Wildman–Crippen MR) is 111 cm³/mol. The first kappa shape index (κ1) is 20.9. The maximum absolute atomic E-state index is 15.0. The highest BCUT2D eigenvalue weighted by Gasteiger charge is 2.42. The summed E-state index contributed by atoms with van der Waals surface area (Å²) in [4.78, 5) is 4.86. The van der Waals surface area contributed by atoms with Gasteiger partial charge in [-0.1, -0.05) is 12.7 Å². The Labute approximate surface area is 174 Å². The van der Waals surface area contributed by atoms with Crippen molar-refractivity contribution in [3.05, 3.63) is 75.6 Å². The Morgan fingerprint density at radius 2 is 1.87 bits per heavy atom. The number of alkyl halides is 2. The molecule has 1 aromatic carbocycles. The Morgan fingerprint density at radius 1 is 1.20 bits per heavy atom. The van der Waals surface area contributed by atoms with E-state index in [2.05, 4.69) is 11.6 Å². The molecule has 4 rings (SSSR count). The monoisotopic (exact) mass is 418 g/mol. The third-order valence-corrected chi connectivity index (χ3v) is 6.17. The van der Waals surface area contributed by atoms with Gasteiger partial charge < -0.3 is 4.98 Å². The molecule has 6 heteroatoms. The number of aryl methyl sites for hydroxylation is 1. The van der Waals surface area contributed by atoms with E-state index in [-0.39, 0.29) is 11.6 Å². The summed E-state index contributed by atoms with van der Waals surface area (Å²) >= 11 is 0. The summed E-state index contributed by atoms with van der Waals surface area (Å²) in [6.07, 6.45) is 5.98. The van der Waals surface area contributed by atoms with Crippen LogP contribution in [0.25, 0.3) is 6.08 Å². The summed E-state index contributed by atoms with van der Waals surface area (Å²) in [5, 5.41) is 0. The number of aromatic nitrogens is 1. The number of fused-ring (bicyclic) bond motifs is 3. The molecule has 1 aliphatic carbocycles. The molecule has 0 bridgehead atoms. The molecular formula is C24H26F4N2. The van der Waals surface area contributed by atoms with Crippen LogP contribution in [0.2, 0.25) is 0 Å². The zero-order chi connectivity index (χ0) is 21.8. The van der Waals surface area contributed by atoms with Gasteiger partial charge in [0.25, 0.3) is 5.92 Å². The van der Waals surface area contributed by atoms with Crippen LogP contribution in [0.3, 0.4) is 0 Å². The van der Waals surface area contributed by atoms with E-state index in [0.29, 0.717) is 17.7 Å². The zero-order valence-electron chi connectivity index (χ0n) is 17.5. The summed E-state index contributed by atoms with van der Waals surface area (Å²) in [5.41, 5.74) is 4.97. The van der Waals surface area contributed by atoms with Gasteiger partial charge in [-0.05, 0) is 73.6 Å². The Bertz CT molecular complexity index is 1010. The van der Waals surface area contributed by atoms with Crippen molar-refractivity contribution in [3.8, 4) is 0 Å². The SMILES string of the molecule is C=CC1=Cc2[nH]c3c(c2CC1)C[C@@H](C)N(CC(C)(F)F)C3c1c(F)cc(C)cc1F. The molecule has 160 valence electrons. The maximum Gasteiger partial charge on any atom is 0.257 e. The average Bonchev–Trinajstić information content (AvgIpc) is 2.99. The van der Waals surface area contributed by atoms with Gasteiger partial charge in [0.05, 0.1) is 12.6 Å². The minimum atomic E-state index is -3.00. The Hall–Kier alpha value is -2.34. The highest BCUT2D eigenvalue weighted by atomic mass is 19.3. The van der Waals surface area contributed by atoms with Crippen LogP contribution in [0.15, 0.2) is 30.4 Å². The number of rotatable bonds is 4. The molecule has 0 saturated heterocycles. The average molecular weight is 418 g/mol. The molecule has 1 unspecified atom stereocenters. The van der Waals surface area contributed by atoms with Crippen LogP contribution in [0, 0.1) is 18.6 Å². The lowest BCUT2D eigenvalue weighted by Gasteiger charge is -2.42. The van der Waals surface area contributed by atoms with Gasteiger partial charge in [0.2, 0.25) is 0 Å². The van der Waals surface area contributed by atoms with E-state index in [4.69, 9.17) is 0 Å². The molecule has 2 nitrogen and oxygen atoms in total. The molecule has 2 atom stereocenters. The fourth-order valence-corrected chi connectivity index (χ4v) is 4.87. The third-order valence-electron chi connectivity index (χ3n) is 6.17. The van der Waals surface area contributed by atoms with Crippen LogP contribution in [-0.2, 0) is 12.8 Å². The minimum Gasteiger partial charge on any atom is -0.357 e. The van der Waals surface area contributed by atoms with Crippen LogP contribution in [0.4, 0.5) is 17.6 Å². The lowest BCUT2D eigenvalue weighted by Crippen LogP contribution is -2.48. The molecule has 0 amide bonds. The van der Waals surface area contributed by atoms with Crippen molar-refractivity contribution in [2.24, 2.45) is 0 Å². The third kappa shape index (κ3) is 3.62. The second-order valence-corrected chi connectivity index (χ2v) is 8.67.